The van der Waals surface area contributed by atoms with Gasteiger partial charge in [0.15, 0.2) is 0 Å². The Hall–Kier alpha value is -1.84. The van der Waals surface area contributed by atoms with Crippen LogP contribution < -0.4 is 4.18 Å². The molecule has 10 heteroatoms. The van der Waals surface area contributed by atoms with Crippen molar-refractivity contribution in [1.82, 2.24) is 0 Å². The molecule has 0 radical (unpaired) electrons. The molecular weight excluding hydrogens is 392 g/mol. The molecule has 0 spiro atoms. The first-order valence-electron chi connectivity index (χ1n) is 8.49. The monoisotopic (exact) mass is 412 g/mol. The molecule has 1 aromatic carbocycles. The van der Waals surface area contributed by atoms with Gasteiger partial charge in [-0.05, 0) is 56.1 Å². The molecule has 27 heavy (non-hydrogen) atoms. The third-order valence-corrected chi connectivity index (χ3v) is 5.49. The van der Waals surface area contributed by atoms with Gasteiger partial charge in [0.2, 0.25) is 0 Å². The lowest BCUT2D eigenvalue weighted by atomic mass is 9.77. The van der Waals surface area contributed by atoms with Crippen molar-refractivity contribution in [1.29, 1.82) is 0 Å². The minimum atomic E-state index is -5.84. The van der Waals surface area contributed by atoms with Crippen molar-refractivity contribution in [2.24, 2.45) is 5.92 Å². The summed E-state index contributed by atoms with van der Waals surface area (Å²) in [5, 5.41) is 0. The van der Waals surface area contributed by atoms with Gasteiger partial charge in [-0.1, -0.05) is 6.07 Å². The Bertz CT molecular complexity index is 768. The number of benzene rings is 1. The van der Waals surface area contributed by atoms with Crippen LogP contribution in [0.3, 0.4) is 0 Å². The maximum Gasteiger partial charge on any atom is 0.534 e. The fourth-order valence-electron chi connectivity index (χ4n) is 3.20. The quantitative estimate of drug-likeness (QED) is 0.302. The molecule has 0 saturated heterocycles. The Balaban J connectivity index is 2.00. The van der Waals surface area contributed by atoms with E-state index >= 15 is 0 Å². The molecule has 0 N–H and O–H groups in total. The van der Waals surface area contributed by atoms with Gasteiger partial charge in [-0.25, -0.2) is 4.39 Å². The van der Waals surface area contributed by atoms with Gasteiger partial charge in [-0.3, -0.25) is 4.79 Å². The Morgan fingerprint density at radius 3 is 2.33 bits per heavy atom. The highest BCUT2D eigenvalue weighted by Gasteiger charge is 2.48. The predicted octanol–water partition coefficient (Wildman–Crippen LogP) is 4.28. The van der Waals surface area contributed by atoms with Crippen molar-refractivity contribution in [3.8, 4) is 5.75 Å². The van der Waals surface area contributed by atoms with E-state index in [1.807, 2.05) is 0 Å². The van der Waals surface area contributed by atoms with Crippen molar-refractivity contribution in [2.75, 3.05) is 6.61 Å². The van der Waals surface area contributed by atoms with E-state index in [0.29, 0.717) is 50.3 Å². The van der Waals surface area contributed by atoms with E-state index in [4.69, 9.17) is 4.74 Å². The largest absolute Gasteiger partial charge is 0.534 e. The average molecular weight is 412 g/mol. The van der Waals surface area contributed by atoms with Crippen LogP contribution in [0.25, 0.3) is 0 Å². The molecule has 1 aliphatic rings. The highest BCUT2D eigenvalue weighted by Crippen LogP contribution is 2.39. The summed E-state index contributed by atoms with van der Waals surface area (Å²) in [7, 11) is -5.84. The SMILES string of the molecule is CCOC(=O)C[C@H]1CC[C@H](c2ccc(OS(=O)(=O)C(F)(F)F)cc2F)CC1. The lowest BCUT2D eigenvalue weighted by Gasteiger charge is -2.28. The van der Waals surface area contributed by atoms with E-state index < -0.39 is 27.2 Å². The highest BCUT2D eigenvalue weighted by molar-refractivity contribution is 7.88. The molecule has 0 heterocycles. The molecule has 0 amide bonds. The molecule has 1 saturated carbocycles. The molecule has 5 nitrogen and oxygen atoms in total. The van der Waals surface area contributed by atoms with Crippen LogP contribution in [0, 0.1) is 11.7 Å². The van der Waals surface area contributed by atoms with Crippen molar-refractivity contribution in [2.45, 2.75) is 50.5 Å². The van der Waals surface area contributed by atoms with Gasteiger partial charge in [-0.2, -0.15) is 21.6 Å². The number of hydrogen-bond donors (Lipinski definition) is 0. The summed E-state index contributed by atoms with van der Waals surface area (Å²) >= 11 is 0. The highest BCUT2D eigenvalue weighted by atomic mass is 32.2. The summed E-state index contributed by atoms with van der Waals surface area (Å²) < 4.78 is 82.1. The van der Waals surface area contributed by atoms with Gasteiger partial charge in [0.1, 0.15) is 11.6 Å². The molecular formula is C17H20F4O5S. The second kappa shape index (κ2) is 8.45. The Morgan fingerprint density at radius 1 is 1.19 bits per heavy atom. The minimum Gasteiger partial charge on any atom is -0.466 e. The van der Waals surface area contributed by atoms with Crippen LogP contribution in [0.15, 0.2) is 18.2 Å². The van der Waals surface area contributed by atoms with Crippen molar-refractivity contribution < 1.29 is 39.7 Å². The second-order valence-electron chi connectivity index (χ2n) is 6.39. The number of carbonyl (C=O) groups is 1. The topological polar surface area (TPSA) is 69.7 Å². The number of hydrogen-bond acceptors (Lipinski definition) is 5. The van der Waals surface area contributed by atoms with Crippen LogP contribution in [-0.2, 0) is 19.6 Å². The number of ether oxygens (including phenoxy) is 1. The zero-order valence-corrected chi connectivity index (χ0v) is 15.4. The molecule has 1 aromatic rings. The molecule has 1 fully saturated rings. The van der Waals surface area contributed by atoms with Crippen molar-refractivity contribution >= 4 is 16.1 Å². The van der Waals surface area contributed by atoms with Crippen LogP contribution in [0.4, 0.5) is 17.6 Å². The third kappa shape index (κ3) is 5.57. The zero-order valence-electron chi connectivity index (χ0n) is 14.6. The van der Waals surface area contributed by atoms with Crippen LogP contribution in [0.1, 0.15) is 50.5 Å². The summed E-state index contributed by atoms with van der Waals surface area (Å²) in [6, 6.07) is 2.89. The van der Waals surface area contributed by atoms with Gasteiger partial charge in [0.05, 0.1) is 6.61 Å². The fourth-order valence-corrected chi connectivity index (χ4v) is 3.65. The molecule has 2 rings (SSSR count). The summed E-state index contributed by atoms with van der Waals surface area (Å²) in [4.78, 5) is 11.5. The van der Waals surface area contributed by atoms with E-state index in [9.17, 15) is 30.8 Å². The molecule has 0 aromatic heterocycles. The van der Waals surface area contributed by atoms with E-state index in [-0.39, 0.29) is 17.8 Å². The van der Waals surface area contributed by atoms with E-state index in [2.05, 4.69) is 4.18 Å². The first kappa shape index (κ1) is 21.5. The second-order valence-corrected chi connectivity index (χ2v) is 7.93. The van der Waals surface area contributed by atoms with Crippen LogP contribution in [0.5, 0.6) is 5.75 Å². The molecule has 152 valence electrons. The van der Waals surface area contributed by atoms with E-state index in [0.717, 1.165) is 6.07 Å². The number of alkyl halides is 3. The van der Waals surface area contributed by atoms with E-state index in [1.54, 1.807) is 6.92 Å². The molecule has 0 atom stereocenters. The fraction of sp³-hybridized carbons (Fsp3) is 0.588. The molecule has 0 bridgehead atoms. The van der Waals surface area contributed by atoms with Gasteiger partial charge < -0.3 is 8.92 Å². The summed E-state index contributed by atoms with van der Waals surface area (Å²) in [6.45, 7) is 2.04. The maximum absolute atomic E-state index is 14.3. The minimum absolute atomic E-state index is 0.155. The lowest BCUT2D eigenvalue weighted by molar-refractivity contribution is -0.144. The third-order valence-electron chi connectivity index (χ3n) is 4.51. The maximum atomic E-state index is 14.3. The smallest absolute Gasteiger partial charge is 0.466 e. The normalized spacial score (nSPS) is 20.9. The summed E-state index contributed by atoms with van der Waals surface area (Å²) in [5.41, 5.74) is -5.29. The van der Waals surface area contributed by atoms with Crippen LogP contribution >= 0.6 is 0 Å². The van der Waals surface area contributed by atoms with Gasteiger partial charge >= 0.3 is 21.6 Å². The van der Waals surface area contributed by atoms with Crippen molar-refractivity contribution in [3.05, 3.63) is 29.6 Å². The molecule has 0 unspecified atom stereocenters. The predicted molar refractivity (Wildman–Crippen MR) is 88.0 cm³/mol. The summed E-state index contributed by atoms with van der Waals surface area (Å²) in [6.07, 6.45) is 2.93. The summed E-state index contributed by atoms with van der Waals surface area (Å²) in [5.74, 6) is -1.82. The lowest BCUT2D eigenvalue weighted by Crippen LogP contribution is -2.28. The van der Waals surface area contributed by atoms with Gasteiger partial charge in [0, 0.05) is 12.5 Å². The van der Waals surface area contributed by atoms with Crippen LogP contribution in [-0.4, -0.2) is 26.5 Å². The number of carbonyl (C=O) groups excluding carboxylic acids is 1. The molecule has 0 aliphatic heterocycles. The Labute approximate surface area is 154 Å². The van der Waals surface area contributed by atoms with Gasteiger partial charge in [-0.15, -0.1) is 0 Å². The Kier molecular flexibility index (Phi) is 6.72. The molecule has 1 aliphatic carbocycles. The van der Waals surface area contributed by atoms with E-state index in [1.165, 1.54) is 6.07 Å². The zero-order chi connectivity index (χ0) is 20.2. The van der Waals surface area contributed by atoms with Gasteiger partial charge in [0.25, 0.3) is 0 Å². The Morgan fingerprint density at radius 2 is 1.81 bits per heavy atom. The standard InChI is InChI=1S/C17H20F4O5S/c1-2-25-16(22)9-11-3-5-12(6-4-11)14-8-7-13(10-15(14)18)26-27(23,24)17(19,20)21/h7-8,10-12H,2-6,9H2,1H3/t11-,12-. The van der Waals surface area contributed by atoms with Crippen LogP contribution in [0.2, 0.25) is 0 Å². The first-order valence-corrected chi connectivity index (χ1v) is 9.90. The number of esters is 1. The number of rotatable bonds is 6. The first-order chi connectivity index (χ1) is 12.5. The van der Waals surface area contributed by atoms with Crippen molar-refractivity contribution in [3.63, 3.8) is 0 Å². The average Bonchev–Trinajstić information content (AvgIpc) is 2.55. The number of halogens is 4.